The molecule has 1 atom stereocenters. The second-order valence-corrected chi connectivity index (χ2v) is 6.05. The molecule has 5 heteroatoms. The van der Waals surface area contributed by atoms with Crippen LogP contribution < -0.4 is 0 Å². The van der Waals surface area contributed by atoms with Crippen molar-refractivity contribution in [2.75, 3.05) is 33.7 Å². The van der Waals surface area contributed by atoms with Crippen LogP contribution in [0.1, 0.15) is 31.2 Å². The van der Waals surface area contributed by atoms with Gasteiger partial charge in [0.25, 0.3) is 0 Å². The Morgan fingerprint density at radius 2 is 2.40 bits per heavy atom. The number of nitrogens with zero attached hydrogens (tertiary/aromatic N) is 3. The molecule has 0 unspecified atom stereocenters. The van der Waals surface area contributed by atoms with E-state index in [1.165, 1.54) is 12.8 Å². The molecule has 1 aliphatic heterocycles. The molecule has 1 N–H and O–H groups in total. The van der Waals surface area contributed by atoms with Gasteiger partial charge in [0.2, 0.25) is 5.91 Å². The zero-order chi connectivity index (χ0) is 14.4. The predicted octanol–water partition coefficient (Wildman–Crippen LogP) is 1.53. The minimum atomic E-state index is 0.292. The monoisotopic (exact) mass is 278 g/mol. The van der Waals surface area contributed by atoms with Gasteiger partial charge < -0.3 is 9.80 Å². The fourth-order valence-electron chi connectivity index (χ4n) is 2.79. The molecule has 0 aromatic carbocycles. The van der Waals surface area contributed by atoms with Gasteiger partial charge in [-0.25, -0.2) is 0 Å². The molecule has 2 rings (SSSR count). The fraction of sp³-hybridized carbons (Fsp3) is 0.733. The third-order valence-corrected chi connectivity index (χ3v) is 4.04. The molecule has 0 spiro atoms. The molecule has 2 heterocycles. The van der Waals surface area contributed by atoms with Gasteiger partial charge in [0.1, 0.15) is 0 Å². The quantitative estimate of drug-likeness (QED) is 0.858. The number of aromatic nitrogens is 2. The standard InChI is InChI=1S/C15H26N4O/c1-18(2)9-7-13-4-3-8-19(12-13)15(20)6-5-14-10-16-17-11-14/h10-11,13H,3-9,12H2,1-2H3,(H,16,17)/t13-/m0/s1. The van der Waals surface area contributed by atoms with E-state index < -0.39 is 0 Å². The van der Waals surface area contributed by atoms with E-state index in [2.05, 4.69) is 34.1 Å². The van der Waals surface area contributed by atoms with Crippen LogP contribution in [-0.4, -0.2) is 59.6 Å². The van der Waals surface area contributed by atoms with Crippen molar-refractivity contribution >= 4 is 5.91 Å². The lowest BCUT2D eigenvalue weighted by Crippen LogP contribution is -2.40. The molecule has 1 saturated heterocycles. The Kier molecular flexibility index (Phi) is 5.59. The number of aryl methyl sites for hydroxylation is 1. The molecule has 1 aliphatic rings. The Labute approximate surface area is 121 Å². The molecule has 0 aliphatic carbocycles. The van der Waals surface area contributed by atoms with Gasteiger partial charge in [-0.1, -0.05) is 0 Å². The lowest BCUT2D eigenvalue weighted by atomic mass is 9.94. The average Bonchev–Trinajstić information content (AvgIpc) is 2.96. The highest BCUT2D eigenvalue weighted by Crippen LogP contribution is 2.20. The van der Waals surface area contributed by atoms with Crippen LogP contribution in [-0.2, 0) is 11.2 Å². The summed E-state index contributed by atoms with van der Waals surface area (Å²) >= 11 is 0. The number of H-pyrrole nitrogens is 1. The van der Waals surface area contributed by atoms with E-state index in [-0.39, 0.29) is 0 Å². The summed E-state index contributed by atoms with van der Waals surface area (Å²) < 4.78 is 0. The van der Waals surface area contributed by atoms with E-state index in [4.69, 9.17) is 0 Å². The first-order chi connectivity index (χ1) is 9.65. The number of amides is 1. The van der Waals surface area contributed by atoms with E-state index in [1.807, 2.05) is 6.20 Å². The van der Waals surface area contributed by atoms with Crippen molar-refractivity contribution in [1.82, 2.24) is 20.0 Å². The summed E-state index contributed by atoms with van der Waals surface area (Å²) in [5.74, 6) is 0.963. The first-order valence-corrected chi connectivity index (χ1v) is 7.55. The first-order valence-electron chi connectivity index (χ1n) is 7.55. The minimum absolute atomic E-state index is 0.292. The Morgan fingerprint density at radius 3 is 3.10 bits per heavy atom. The van der Waals surface area contributed by atoms with E-state index >= 15 is 0 Å². The maximum atomic E-state index is 12.3. The number of carbonyl (C=O) groups is 1. The number of nitrogens with one attached hydrogen (secondary N) is 1. The van der Waals surface area contributed by atoms with Gasteiger partial charge in [0.05, 0.1) is 6.20 Å². The number of hydrogen-bond donors (Lipinski definition) is 1. The summed E-state index contributed by atoms with van der Waals surface area (Å²) in [6.07, 6.45) is 8.65. The summed E-state index contributed by atoms with van der Waals surface area (Å²) in [5.41, 5.74) is 1.11. The summed E-state index contributed by atoms with van der Waals surface area (Å²) in [6.45, 7) is 2.99. The number of piperidine rings is 1. The molecular weight excluding hydrogens is 252 g/mol. The van der Waals surface area contributed by atoms with Crippen molar-refractivity contribution in [2.45, 2.75) is 32.1 Å². The van der Waals surface area contributed by atoms with E-state index in [9.17, 15) is 4.79 Å². The maximum absolute atomic E-state index is 12.3. The van der Waals surface area contributed by atoms with Gasteiger partial charge in [0, 0.05) is 25.7 Å². The zero-order valence-corrected chi connectivity index (χ0v) is 12.6. The molecule has 20 heavy (non-hydrogen) atoms. The molecule has 0 saturated carbocycles. The highest BCUT2D eigenvalue weighted by molar-refractivity contribution is 5.76. The Morgan fingerprint density at radius 1 is 1.55 bits per heavy atom. The zero-order valence-electron chi connectivity index (χ0n) is 12.6. The summed E-state index contributed by atoms with van der Waals surface area (Å²) in [4.78, 5) is 16.5. The smallest absolute Gasteiger partial charge is 0.222 e. The van der Waals surface area contributed by atoms with Crippen LogP contribution in [0.15, 0.2) is 12.4 Å². The van der Waals surface area contributed by atoms with E-state index in [0.29, 0.717) is 18.2 Å². The summed E-state index contributed by atoms with van der Waals surface area (Å²) in [6, 6.07) is 0. The highest BCUT2D eigenvalue weighted by Gasteiger charge is 2.23. The lowest BCUT2D eigenvalue weighted by Gasteiger charge is -2.33. The SMILES string of the molecule is CN(C)CC[C@@H]1CCCN(C(=O)CCc2cn[nH]c2)C1. The van der Waals surface area contributed by atoms with Crippen LogP contribution in [0.3, 0.4) is 0 Å². The molecular formula is C15H26N4O. The normalized spacial score (nSPS) is 19.6. The lowest BCUT2D eigenvalue weighted by molar-refractivity contribution is -0.133. The van der Waals surface area contributed by atoms with Gasteiger partial charge in [-0.3, -0.25) is 9.89 Å². The van der Waals surface area contributed by atoms with Crippen molar-refractivity contribution < 1.29 is 4.79 Å². The number of carbonyl (C=O) groups excluding carboxylic acids is 1. The predicted molar refractivity (Wildman–Crippen MR) is 79.4 cm³/mol. The van der Waals surface area contributed by atoms with E-state index in [0.717, 1.165) is 38.0 Å². The number of rotatable bonds is 6. The average molecular weight is 278 g/mol. The Hall–Kier alpha value is -1.36. The highest BCUT2D eigenvalue weighted by atomic mass is 16.2. The van der Waals surface area contributed by atoms with Crippen molar-refractivity contribution in [1.29, 1.82) is 0 Å². The van der Waals surface area contributed by atoms with Crippen molar-refractivity contribution in [2.24, 2.45) is 5.92 Å². The van der Waals surface area contributed by atoms with Crippen molar-refractivity contribution in [3.8, 4) is 0 Å². The maximum Gasteiger partial charge on any atom is 0.222 e. The van der Waals surface area contributed by atoms with Crippen LogP contribution in [0.2, 0.25) is 0 Å². The molecule has 1 amide bonds. The Balaban J connectivity index is 1.74. The van der Waals surface area contributed by atoms with Gasteiger partial charge in [0.15, 0.2) is 0 Å². The molecule has 0 bridgehead atoms. The number of hydrogen-bond acceptors (Lipinski definition) is 3. The largest absolute Gasteiger partial charge is 0.342 e. The van der Waals surface area contributed by atoms with Gasteiger partial charge in [-0.2, -0.15) is 5.10 Å². The van der Waals surface area contributed by atoms with Crippen molar-refractivity contribution in [3.63, 3.8) is 0 Å². The van der Waals surface area contributed by atoms with Crippen LogP contribution >= 0.6 is 0 Å². The number of likely N-dealkylation sites (tertiary alicyclic amines) is 1. The molecule has 1 fully saturated rings. The first kappa shape index (κ1) is 15.0. The molecule has 1 aromatic rings. The van der Waals surface area contributed by atoms with Gasteiger partial charge in [-0.15, -0.1) is 0 Å². The molecule has 1 aromatic heterocycles. The number of aromatic amines is 1. The second-order valence-electron chi connectivity index (χ2n) is 6.05. The fourth-order valence-corrected chi connectivity index (χ4v) is 2.79. The summed E-state index contributed by atoms with van der Waals surface area (Å²) in [5, 5.41) is 6.70. The minimum Gasteiger partial charge on any atom is -0.342 e. The van der Waals surface area contributed by atoms with Crippen molar-refractivity contribution in [3.05, 3.63) is 18.0 Å². The van der Waals surface area contributed by atoms with Gasteiger partial charge in [-0.05, 0) is 57.8 Å². The molecule has 112 valence electrons. The van der Waals surface area contributed by atoms with Crippen LogP contribution in [0, 0.1) is 5.92 Å². The third kappa shape index (κ3) is 4.63. The molecule has 5 nitrogen and oxygen atoms in total. The topological polar surface area (TPSA) is 52.2 Å². The molecule has 0 radical (unpaired) electrons. The second kappa shape index (κ2) is 7.43. The third-order valence-electron chi connectivity index (χ3n) is 4.04. The van der Waals surface area contributed by atoms with Crippen LogP contribution in [0.5, 0.6) is 0 Å². The Bertz CT molecular complexity index is 402. The van der Waals surface area contributed by atoms with E-state index in [1.54, 1.807) is 6.20 Å². The van der Waals surface area contributed by atoms with Gasteiger partial charge >= 0.3 is 0 Å². The van der Waals surface area contributed by atoms with Crippen LogP contribution in [0.4, 0.5) is 0 Å². The van der Waals surface area contributed by atoms with Crippen LogP contribution in [0.25, 0.3) is 0 Å². The summed E-state index contributed by atoms with van der Waals surface area (Å²) in [7, 11) is 4.22.